The van der Waals surface area contributed by atoms with Gasteiger partial charge in [-0.05, 0) is 40.0 Å². The monoisotopic (exact) mass is 340 g/mol. The Kier molecular flexibility index (Phi) is 4.76. The van der Waals surface area contributed by atoms with E-state index in [1.54, 1.807) is 19.2 Å². The lowest BCUT2D eigenvalue weighted by Crippen LogP contribution is -2.39. The first-order valence-electron chi connectivity index (χ1n) is 5.11. The van der Waals surface area contributed by atoms with Crippen LogP contribution in [0.25, 0.3) is 0 Å². The molecule has 0 radical (unpaired) electrons. The summed E-state index contributed by atoms with van der Waals surface area (Å²) >= 11 is 4.48. The second-order valence-corrected chi connectivity index (χ2v) is 9.42. The van der Waals surface area contributed by atoms with Crippen molar-refractivity contribution in [2.75, 3.05) is 20.1 Å². The third-order valence-electron chi connectivity index (χ3n) is 2.42. The largest absolute Gasteiger partial charge is 0.330 e. The van der Waals surface area contributed by atoms with Crippen LogP contribution in [0.2, 0.25) is 0 Å². The lowest BCUT2D eigenvalue weighted by molar-refractivity contribution is 0.292. The van der Waals surface area contributed by atoms with Crippen LogP contribution in [0.1, 0.15) is 13.8 Å². The van der Waals surface area contributed by atoms with Crippen LogP contribution in [-0.2, 0) is 10.0 Å². The number of nitrogens with zero attached hydrogens (tertiary/aromatic N) is 1. The Hall–Kier alpha value is 0.0500. The normalized spacial score (nSPS) is 13.3. The maximum atomic E-state index is 12.2. The van der Waals surface area contributed by atoms with Crippen LogP contribution in [-0.4, -0.2) is 32.9 Å². The molecule has 0 aliphatic carbocycles. The fourth-order valence-corrected chi connectivity index (χ4v) is 4.92. The number of thiophene rings is 1. The van der Waals surface area contributed by atoms with Gasteiger partial charge in [0.15, 0.2) is 0 Å². The van der Waals surface area contributed by atoms with Gasteiger partial charge in [0.1, 0.15) is 4.21 Å². The van der Waals surface area contributed by atoms with Gasteiger partial charge in [0.05, 0.1) is 3.79 Å². The summed E-state index contributed by atoms with van der Waals surface area (Å²) in [5, 5.41) is 0. The second kappa shape index (κ2) is 5.36. The molecule has 1 aromatic rings. The molecule has 0 saturated carbocycles. The second-order valence-electron chi connectivity index (χ2n) is 4.69. The SMILES string of the molecule is CN(CC(C)(C)CN)S(=O)(=O)c1ccc(Br)s1. The summed E-state index contributed by atoms with van der Waals surface area (Å²) in [6.07, 6.45) is 0. The van der Waals surface area contributed by atoms with Crippen LogP contribution < -0.4 is 5.73 Å². The number of hydrogen-bond donors (Lipinski definition) is 1. The Morgan fingerprint density at radius 2 is 2.06 bits per heavy atom. The third kappa shape index (κ3) is 3.75. The van der Waals surface area contributed by atoms with Crippen molar-refractivity contribution in [2.45, 2.75) is 18.1 Å². The number of hydrogen-bond acceptors (Lipinski definition) is 4. The van der Waals surface area contributed by atoms with E-state index in [0.29, 0.717) is 17.3 Å². The molecule has 0 aromatic carbocycles. The van der Waals surface area contributed by atoms with Crippen LogP contribution in [0, 0.1) is 5.41 Å². The van der Waals surface area contributed by atoms with Gasteiger partial charge in [-0.15, -0.1) is 11.3 Å². The molecule has 0 unspecified atom stereocenters. The molecule has 0 atom stereocenters. The molecule has 98 valence electrons. The first-order chi connectivity index (χ1) is 7.69. The van der Waals surface area contributed by atoms with E-state index >= 15 is 0 Å². The summed E-state index contributed by atoms with van der Waals surface area (Å²) in [4.78, 5) is 0. The molecule has 7 heteroatoms. The van der Waals surface area contributed by atoms with Crippen molar-refractivity contribution >= 4 is 37.3 Å². The van der Waals surface area contributed by atoms with Crippen LogP contribution in [0.4, 0.5) is 0 Å². The van der Waals surface area contributed by atoms with Crippen LogP contribution in [0.5, 0.6) is 0 Å². The zero-order valence-corrected chi connectivity index (χ0v) is 13.3. The highest BCUT2D eigenvalue weighted by Gasteiger charge is 2.28. The van der Waals surface area contributed by atoms with E-state index in [-0.39, 0.29) is 5.41 Å². The molecule has 1 rings (SSSR count). The first-order valence-corrected chi connectivity index (χ1v) is 8.16. The highest BCUT2D eigenvalue weighted by molar-refractivity contribution is 9.11. The molecule has 4 nitrogen and oxygen atoms in total. The maximum absolute atomic E-state index is 12.2. The summed E-state index contributed by atoms with van der Waals surface area (Å²) in [6, 6.07) is 3.34. The first kappa shape index (κ1) is 15.1. The van der Waals surface area contributed by atoms with E-state index in [2.05, 4.69) is 15.9 Å². The van der Waals surface area contributed by atoms with Gasteiger partial charge in [-0.25, -0.2) is 8.42 Å². The quantitative estimate of drug-likeness (QED) is 0.892. The molecule has 0 fully saturated rings. The summed E-state index contributed by atoms with van der Waals surface area (Å²) in [5.41, 5.74) is 5.39. The molecule has 1 aromatic heterocycles. The highest BCUT2D eigenvalue weighted by atomic mass is 79.9. The zero-order chi connectivity index (χ0) is 13.3. The minimum Gasteiger partial charge on any atom is -0.330 e. The van der Waals surface area contributed by atoms with Gasteiger partial charge in [-0.2, -0.15) is 4.31 Å². The fourth-order valence-electron chi connectivity index (χ4n) is 1.34. The van der Waals surface area contributed by atoms with Gasteiger partial charge >= 0.3 is 0 Å². The van der Waals surface area contributed by atoms with Crippen molar-refractivity contribution in [2.24, 2.45) is 11.1 Å². The Morgan fingerprint density at radius 3 is 2.47 bits per heavy atom. The Morgan fingerprint density at radius 1 is 1.47 bits per heavy atom. The van der Waals surface area contributed by atoms with Crippen molar-refractivity contribution in [1.82, 2.24) is 4.31 Å². The molecule has 2 N–H and O–H groups in total. The topological polar surface area (TPSA) is 63.4 Å². The van der Waals surface area contributed by atoms with Gasteiger partial charge in [0.2, 0.25) is 0 Å². The van der Waals surface area contributed by atoms with Crippen molar-refractivity contribution in [3.63, 3.8) is 0 Å². The fraction of sp³-hybridized carbons (Fsp3) is 0.600. The molecule has 0 spiro atoms. The Balaban J connectivity index is 2.92. The van der Waals surface area contributed by atoms with E-state index < -0.39 is 10.0 Å². The number of rotatable bonds is 5. The summed E-state index contributed by atoms with van der Waals surface area (Å²) < 4.78 is 26.9. The Bertz CT molecular complexity index is 482. The van der Waals surface area contributed by atoms with E-state index in [0.717, 1.165) is 3.79 Å². The van der Waals surface area contributed by atoms with E-state index in [1.807, 2.05) is 13.8 Å². The van der Waals surface area contributed by atoms with Gasteiger partial charge in [0, 0.05) is 13.6 Å². The van der Waals surface area contributed by atoms with Crippen molar-refractivity contribution < 1.29 is 8.42 Å². The summed E-state index contributed by atoms with van der Waals surface area (Å²) in [5.74, 6) is 0. The van der Waals surface area contributed by atoms with E-state index in [9.17, 15) is 8.42 Å². The van der Waals surface area contributed by atoms with E-state index in [1.165, 1.54) is 15.6 Å². The highest BCUT2D eigenvalue weighted by Crippen LogP contribution is 2.29. The molecule has 0 saturated heterocycles. The van der Waals surface area contributed by atoms with Crippen molar-refractivity contribution in [3.05, 3.63) is 15.9 Å². The molecule has 17 heavy (non-hydrogen) atoms. The molecular weight excluding hydrogens is 324 g/mol. The molecule has 0 aliphatic rings. The van der Waals surface area contributed by atoms with Gasteiger partial charge in [0.25, 0.3) is 10.0 Å². The number of halogens is 1. The lowest BCUT2D eigenvalue weighted by atomic mass is 9.94. The molecule has 1 heterocycles. The summed E-state index contributed by atoms with van der Waals surface area (Å²) in [7, 11) is -1.81. The van der Waals surface area contributed by atoms with Gasteiger partial charge in [-0.1, -0.05) is 13.8 Å². The zero-order valence-electron chi connectivity index (χ0n) is 10.1. The van der Waals surface area contributed by atoms with Gasteiger partial charge < -0.3 is 5.73 Å². The molecule has 0 bridgehead atoms. The van der Waals surface area contributed by atoms with Crippen molar-refractivity contribution in [3.8, 4) is 0 Å². The average Bonchev–Trinajstić information content (AvgIpc) is 2.64. The smallest absolute Gasteiger partial charge is 0.252 e. The molecular formula is C10H17BrN2O2S2. The minimum atomic E-state index is -3.40. The predicted octanol–water partition coefficient (Wildman–Crippen LogP) is 2.12. The maximum Gasteiger partial charge on any atom is 0.252 e. The van der Waals surface area contributed by atoms with E-state index in [4.69, 9.17) is 5.73 Å². The molecule has 0 amide bonds. The third-order valence-corrected chi connectivity index (χ3v) is 6.31. The van der Waals surface area contributed by atoms with Crippen LogP contribution in [0.3, 0.4) is 0 Å². The molecule has 0 aliphatic heterocycles. The minimum absolute atomic E-state index is 0.226. The predicted molar refractivity (Wildman–Crippen MR) is 74.7 cm³/mol. The Labute approximate surface area is 115 Å². The lowest BCUT2D eigenvalue weighted by Gasteiger charge is -2.28. The van der Waals surface area contributed by atoms with Crippen LogP contribution in [0.15, 0.2) is 20.1 Å². The van der Waals surface area contributed by atoms with Crippen molar-refractivity contribution in [1.29, 1.82) is 0 Å². The standard InChI is InChI=1S/C10H17BrN2O2S2/c1-10(2,6-12)7-13(3)17(14,15)9-5-4-8(11)16-9/h4-5H,6-7,12H2,1-3H3. The number of sulfonamides is 1. The van der Waals surface area contributed by atoms with Gasteiger partial charge in [-0.3, -0.25) is 0 Å². The number of nitrogens with two attached hydrogens (primary N) is 1. The average molecular weight is 341 g/mol. The van der Waals surface area contributed by atoms with Crippen LogP contribution >= 0.6 is 27.3 Å². The summed E-state index contributed by atoms with van der Waals surface area (Å²) in [6.45, 7) is 4.75.